The third-order valence-electron chi connectivity index (χ3n) is 6.87. The van der Waals surface area contributed by atoms with E-state index in [0.717, 1.165) is 44.1 Å². The molecule has 2 N–H and O–H groups in total. The van der Waals surface area contributed by atoms with Crippen molar-refractivity contribution in [1.29, 1.82) is 0 Å². The van der Waals surface area contributed by atoms with Crippen molar-refractivity contribution in [3.63, 3.8) is 0 Å². The zero-order valence-electron chi connectivity index (χ0n) is 20.3. The van der Waals surface area contributed by atoms with Crippen molar-refractivity contribution in [2.75, 3.05) is 13.2 Å². The van der Waals surface area contributed by atoms with E-state index in [1.807, 2.05) is 12.1 Å². The maximum atomic E-state index is 13.3. The summed E-state index contributed by atoms with van der Waals surface area (Å²) in [5.41, 5.74) is 0.469. The predicted molar refractivity (Wildman–Crippen MR) is 134 cm³/mol. The molecule has 1 saturated carbocycles. The van der Waals surface area contributed by atoms with Gasteiger partial charge in [-0.25, -0.2) is 0 Å². The Hall–Kier alpha value is -3.00. The fraction of sp³-hybridized carbons (Fsp3) is 0.556. The van der Waals surface area contributed by atoms with Gasteiger partial charge in [0.1, 0.15) is 11.1 Å². The van der Waals surface area contributed by atoms with Gasteiger partial charge in [-0.3, -0.25) is 19.4 Å². The van der Waals surface area contributed by atoms with Crippen molar-refractivity contribution in [2.45, 2.75) is 82.9 Å². The lowest BCUT2D eigenvalue weighted by molar-refractivity contribution is 0.0914. The summed E-state index contributed by atoms with van der Waals surface area (Å²) < 4.78 is 7.51. The van der Waals surface area contributed by atoms with Crippen molar-refractivity contribution in [3.05, 3.63) is 63.8 Å². The van der Waals surface area contributed by atoms with E-state index in [0.29, 0.717) is 26.1 Å². The van der Waals surface area contributed by atoms with Gasteiger partial charge in [0.15, 0.2) is 0 Å². The van der Waals surface area contributed by atoms with E-state index in [-0.39, 0.29) is 23.3 Å². The van der Waals surface area contributed by atoms with Gasteiger partial charge in [-0.2, -0.15) is 0 Å². The molecule has 1 aliphatic heterocycles. The van der Waals surface area contributed by atoms with Crippen LogP contribution in [0.2, 0.25) is 0 Å². The highest BCUT2D eigenvalue weighted by Crippen LogP contribution is 2.18. The van der Waals surface area contributed by atoms with E-state index < -0.39 is 17.2 Å². The third kappa shape index (κ3) is 7.24. The first-order valence-electron chi connectivity index (χ1n) is 12.9. The topological polar surface area (TPSA) is 102 Å². The van der Waals surface area contributed by atoms with Gasteiger partial charge in [0.25, 0.3) is 11.8 Å². The molecule has 2 aromatic rings. The zero-order valence-corrected chi connectivity index (χ0v) is 20.3. The maximum absolute atomic E-state index is 13.3. The summed E-state index contributed by atoms with van der Waals surface area (Å²) in [5.74, 6) is -0.868. The first-order valence-corrected chi connectivity index (χ1v) is 12.9. The van der Waals surface area contributed by atoms with Crippen LogP contribution in [0.25, 0.3) is 0 Å². The minimum Gasteiger partial charge on any atom is -0.376 e. The van der Waals surface area contributed by atoms with Gasteiger partial charge in [0, 0.05) is 50.5 Å². The van der Waals surface area contributed by atoms with Crippen LogP contribution in [0.15, 0.2) is 41.7 Å². The van der Waals surface area contributed by atoms with Crippen molar-refractivity contribution in [1.82, 2.24) is 20.2 Å². The smallest absolute Gasteiger partial charge is 0.256 e. The van der Waals surface area contributed by atoms with E-state index in [9.17, 15) is 14.4 Å². The molecule has 0 bridgehead atoms. The normalized spacial score (nSPS) is 19.0. The van der Waals surface area contributed by atoms with Crippen molar-refractivity contribution in [2.24, 2.45) is 0 Å². The average Bonchev–Trinajstić information content (AvgIpc) is 3.35. The Bertz CT molecular complexity index is 1040. The molecule has 2 aromatic heterocycles. The van der Waals surface area contributed by atoms with Crippen LogP contribution in [0.5, 0.6) is 0 Å². The van der Waals surface area contributed by atoms with Gasteiger partial charge in [-0.05, 0) is 43.7 Å². The van der Waals surface area contributed by atoms with Crippen LogP contribution in [0.3, 0.4) is 0 Å². The van der Waals surface area contributed by atoms with Crippen LogP contribution < -0.4 is 16.1 Å². The number of amides is 2. The SMILES string of the molecule is O=C(NCCc1cccnc1)c1cn(CC2CCCO2)cc(C(=O)NC2CCCCCCC2)c1=O. The molecule has 188 valence electrons. The van der Waals surface area contributed by atoms with Crippen LogP contribution in [0, 0.1) is 0 Å². The number of nitrogens with zero attached hydrogens (tertiary/aromatic N) is 2. The van der Waals surface area contributed by atoms with E-state index in [1.165, 1.54) is 19.3 Å². The minimum absolute atomic E-state index is 0.0144. The first kappa shape index (κ1) is 25.1. The monoisotopic (exact) mass is 480 g/mol. The summed E-state index contributed by atoms with van der Waals surface area (Å²) in [5, 5.41) is 5.90. The second-order valence-corrected chi connectivity index (χ2v) is 9.63. The molecule has 35 heavy (non-hydrogen) atoms. The van der Waals surface area contributed by atoms with Gasteiger partial charge in [-0.15, -0.1) is 0 Å². The number of carbonyl (C=O) groups excluding carboxylic acids is 2. The molecule has 1 aliphatic carbocycles. The molecule has 3 heterocycles. The fourth-order valence-corrected chi connectivity index (χ4v) is 4.91. The van der Waals surface area contributed by atoms with Crippen molar-refractivity contribution < 1.29 is 14.3 Å². The quantitative estimate of drug-likeness (QED) is 0.604. The largest absolute Gasteiger partial charge is 0.376 e. The summed E-state index contributed by atoms with van der Waals surface area (Å²) in [6.45, 7) is 1.58. The molecule has 2 aliphatic rings. The van der Waals surface area contributed by atoms with Gasteiger partial charge in [-0.1, -0.05) is 38.2 Å². The minimum atomic E-state index is -0.532. The highest BCUT2D eigenvalue weighted by Gasteiger charge is 2.23. The van der Waals surface area contributed by atoms with Gasteiger partial charge < -0.3 is 19.9 Å². The number of rotatable bonds is 8. The summed E-state index contributed by atoms with van der Waals surface area (Å²) >= 11 is 0. The average molecular weight is 481 g/mol. The molecule has 8 nitrogen and oxygen atoms in total. The molecule has 0 spiro atoms. The van der Waals surface area contributed by atoms with Crippen molar-refractivity contribution in [3.8, 4) is 0 Å². The molecule has 2 fully saturated rings. The molecular formula is C27H36N4O4. The highest BCUT2D eigenvalue weighted by molar-refractivity contribution is 5.99. The maximum Gasteiger partial charge on any atom is 0.256 e. The predicted octanol–water partition coefficient (Wildman–Crippen LogP) is 3.24. The molecule has 8 heteroatoms. The first-order chi connectivity index (χ1) is 17.1. The number of carbonyl (C=O) groups is 2. The Labute approximate surface area is 206 Å². The number of nitrogens with one attached hydrogen (secondary N) is 2. The lowest BCUT2D eigenvalue weighted by atomic mass is 9.96. The van der Waals surface area contributed by atoms with E-state index in [1.54, 1.807) is 29.4 Å². The lowest BCUT2D eigenvalue weighted by Crippen LogP contribution is -2.40. The summed E-state index contributed by atoms with van der Waals surface area (Å²) in [4.78, 5) is 43.5. The van der Waals surface area contributed by atoms with E-state index in [4.69, 9.17) is 4.74 Å². The van der Waals surface area contributed by atoms with Gasteiger partial charge in [0.05, 0.1) is 6.10 Å². The standard InChI is InChI=1S/C27H36N4O4/c32-25-23(26(33)29-14-12-20-8-6-13-28-16-20)18-31(17-22-11-7-15-35-22)19-24(25)27(34)30-21-9-4-2-1-3-5-10-21/h6,8,13,16,18-19,21-22H,1-5,7,9-12,14-15,17H2,(H,29,33)(H,30,34). The Morgan fingerprint density at radius 3 is 2.43 bits per heavy atom. The molecule has 1 saturated heterocycles. The summed E-state index contributed by atoms with van der Waals surface area (Å²) in [6.07, 6.45) is 16.7. The van der Waals surface area contributed by atoms with Gasteiger partial charge >= 0.3 is 0 Å². The fourth-order valence-electron chi connectivity index (χ4n) is 4.91. The number of pyridine rings is 2. The molecule has 4 rings (SSSR count). The van der Waals surface area contributed by atoms with Gasteiger partial charge in [0.2, 0.25) is 5.43 Å². The number of aromatic nitrogens is 2. The van der Waals surface area contributed by atoms with Crippen LogP contribution >= 0.6 is 0 Å². The van der Waals surface area contributed by atoms with Crippen LogP contribution in [0.1, 0.15) is 84.1 Å². The molecule has 2 amide bonds. The second kappa shape index (κ2) is 12.6. The third-order valence-corrected chi connectivity index (χ3v) is 6.87. The molecular weight excluding hydrogens is 444 g/mol. The summed E-state index contributed by atoms with van der Waals surface area (Å²) in [6, 6.07) is 3.85. The lowest BCUT2D eigenvalue weighted by Gasteiger charge is -2.21. The Balaban J connectivity index is 1.51. The number of ether oxygens (including phenoxy) is 1. The zero-order chi connectivity index (χ0) is 24.5. The number of hydrogen-bond donors (Lipinski definition) is 2. The molecule has 0 aromatic carbocycles. The van der Waals surface area contributed by atoms with E-state index in [2.05, 4.69) is 15.6 Å². The van der Waals surface area contributed by atoms with Crippen LogP contribution in [-0.4, -0.2) is 46.7 Å². The molecule has 1 atom stereocenters. The van der Waals surface area contributed by atoms with Crippen molar-refractivity contribution >= 4 is 11.8 Å². The highest BCUT2D eigenvalue weighted by atomic mass is 16.5. The summed E-state index contributed by atoms with van der Waals surface area (Å²) in [7, 11) is 0. The Morgan fingerprint density at radius 2 is 1.74 bits per heavy atom. The molecule has 0 radical (unpaired) electrons. The Kier molecular flexibility index (Phi) is 9.06. The number of hydrogen-bond acceptors (Lipinski definition) is 5. The van der Waals surface area contributed by atoms with Crippen LogP contribution in [-0.2, 0) is 17.7 Å². The Morgan fingerprint density at radius 1 is 1.00 bits per heavy atom. The molecule has 1 unspecified atom stereocenters. The second-order valence-electron chi connectivity index (χ2n) is 9.63. The van der Waals surface area contributed by atoms with Crippen LogP contribution in [0.4, 0.5) is 0 Å². The van der Waals surface area contributed by atoms with E-state index >= 15 is 0 Å².